The summed E-state index contributed by atoms with van der Waals surface area (Å²) in [7, 11) is 3.31. The van der Waals surface area contributed by atoms with Crippen LogP contribution in [0.4, 0.5) is 5.69 Å². The molecule has 0 bridgehead atoms. The number of nitrogens with one attached hydrogen (secondary N) is 1. The van der Waals surface area contributed by atoms with Gasteiger partial charge < -0.3 is 25.3 Å². The minimum atomic E-state index is -0.0782. The van der Waals surface area contributed by atoms with Crippen LogP contribution >= 0.6 is 0 Å². The molecule has 6 nitrogen and oxygen atoms in total. The zero-order valence-electron chi connectivity index (χ0n) is 15.9. The van der Waals surface area contributed by atoms with Gasteiger partial charge in [0.25, 0.3) is 0 Å². The fourth-order valence-corrected chi connectivity index (χ4v) is 3.37. The van der Waals surface area contributed by atoms with Crippen LogP contribution in [-0.2, 0) is 10.2 Å². The fraction of sp³-hybridized carbons (Fsp3) is 0.381. The molecule has 3 N–H and O–H groups in total. The molecule has 0 saturated carbocycles. The summed E-state index contributed by atoms with van der Waals surface area (Å²) in [5.74, 6) is 2.01. The molecule has 0 atom stereocenters. The predicted octanol–water partition coefficient (Wildman–Crippen LogP) is 3.18. The SMILES string of the molecule is COc1ccc(C2(CN=C(N)Nc3cccc(OC)c3)CCOCC2)cc1. The molecule has 1 aliphatic rings. The molecule has 0 unspecified atom stereocenters. The monoisotopic (exact) mass is 369 g/mol. The van der Waals surface area contributed by atoms with Crippen molar-refractivity contribution in [1.29, 1.82) is 0 Å². The van der Waals surface area contributed by atoms with Crippen molar-refractivity contribution in [2.75, 3.05) is 39.3 Å². The normalized spacial score (nSPS) is 16.6. The average molecular weight is 369 g/mol. The first-order valence-electron chi connectivity index (χ1n) is 9.08. The second-order valence-electron chi connectivity index (χ2n) is 6.68. The lowest BCUT2D eigenvalue weighted by Crippen LogP contribution is -2.38. The maximum absolute atomic E-state index is 6.14. The van der Waals surface area contributed by atoms with Gasteiger partial charge in [0.2, 0.25) is 0 Å². The predicted molar refractivity (Wildman–Crippen MR) is 108 cm³/mol. The highest BCUT2D eigenvalue weighted by Crippen LogP contribution is 2.36. The Labute approximate surface area is 160 Å². The summed E-state index contributed by atoms with van der Waals surface area (Å²) in [5, 5.41) is 3.14. The van der Waals surface area contributed by atoms with Crippen molar-refractivity contribution in [3.63, 3.8) is 0 Å². The van der Waals surface area contributed by atoms with Gasteiger partial charge in [-0.1, -0.05) is 18.2 Å². The first-order chi connectivity index (χ1) is 13.1. The van der Waals surface area contributed by atoms with Crippen LogP contribution in [0, 0.1) is 0 Å². The second-order valence-corrected chi connectivity index (χ2v) is 6.68. The van der Waals surface area contributed by atoms with Crippen LogP contribution in [0.5, 0.6) is 11.5 Å². The Bertz CT molecular complexity index is 768. The van der Waals surface area contributed by atoms with Crippen LogP contribution < -0.4 is 20.5 Å². The molecule has 0 aromatic heterocycles. The first-order valence-corrected chi connectivity index (χ1v) is 9.08. The van der Waals surface area contributed by atoms with E-state index in [1.54, 1.807) is 14.2 Å². The molecule has 27 heavy (non-hydrogen) atoms. The van der Waals surface area contributed by atoms with Crippen LogP contribution in [0.2, 0.25) is 0 Å². The van der Waals surface area contributed by atoms with Gasteiger partial charge in [0.05, 0.1) is 20.8 Å². The minimum absolute atomic E-state index is 0.0782. The zero-order valence-corrected chi connectivity index (χ0v) is 15.9. The maximum atomic E-state index is 6.14. The number of hydrogen-bond acceptors (Lipinski definition) is 4. The summed E-state index contributed by atoms with van der Waals surface area (Å²) in [6, 6.07) is 15.8. The molecular weight excluding hydrogens is 342 g/mol. The smallest absolute Gasteiger partial charge is 0.193 e. The minimum Gasteiger partial charge on any atom is -0.497 e. The first kappa shape index (κ1) is 19.0. The van der Waals surface area contributed by atoms with Crippen LogP contribution in [0.1, 0.15) is 18.4 Å². The van der Waals surface area contributed by atoms with E-state index in [2.05, 4.69) is 22.4 Å². The van der Waals surface area contributed by atoms with Gasteiger partial charge in [0.1, 0.15) is 11.5 Å². The Morgan fingerprint density at radius 3 is 2.44 bits per heavy atom. The van der Waals surface area contributed by atoms with E-state index in [0.29, 0.717) is 12.5 Å². The van der Waals surface area contributed by atoms with Crippen molar-refractivity contribution in [1.82, 2.24) is 0 Å². The van der Waals surface area contributed by atoms with Crippen molar-refractivity contribution in [3.05, 3.63) is 54.1 Å². The number of hydrogen-bond donors (Lipinski definition) is 2. The van der Waals surface area contributed by atoms with E-state index in [-0.39, 0.29) is 5.41 Å². The van der Waals surface area contributed by atoms with Gasteiger partial charge >= 0.3 is 0 Å². The lowest BCUT2D eigenvalue weighted by molar-refractivity contribution is 0.0531. The molecule has 1 heterocycles. The Morgan fingerprint density at radius 2 is 1.78 bits per heavy atom. The lowest BCUT2D eigenvalue weighted by Gasteiger charge is -2.36. The van der Waals surface area contributed by atoms with Crippen LogP contribution in [0.25, 0.3) is 0 Å². The molecule has 0 amide bonds. The third-order valence-electron chi connectivity index (χ3n) is 5.05. The van der Waals surface area contributed by atoms with Gasteiger partial charge in [-0.2, -0.15) is 0 Å². The van der Waals surface area contributed by atoms with Crippen molar-refractivity contribution in [2.45, 2.75) is 18.3 Å². The molecule has 0 aliphatic carbocycles. The number of benzene rings is 2. The lowest BCUT2D eigenvalue weighted by atomic mass is 9.74. The Balaban J connectivity index is 1.76. The molecule has 144 valence electrons. The van der Waals surface area contributed by atoms with Crippen molar-refractivity contribution in [3.8, 4) is 11.5 Å². The summed E-state index contributed by atoms with van der Waals surface area (Å²) >= 11 is 0. The number of nitrogens with zero attached hydrogens (tertiary/aromatic N) is 1. The highest BCUT2D eigenvalue weighted by Gasteiger charge is 2.34. The number of ether oxygens (including phenoxy) is 3. The van der Waals surface area contributed by atoms with Crippen molar-refractivity contribution in [2.24, 2.45) is 10.7 Å². The average Bonchev–Trinajstić information content (AvgIpc) is 2.73. The number of methoxy groups -OCH3 is 2. The molecule has 0 spiro atoms. The summed E-state index contributed by atoms with van der Waals surface area (Å²) in [5.41, 5.74) is 8.15. The van der Waals surface area contributed by atoms with E-state index in [0.717, 1.165) is 43.2 Å². The van der Waals surface area contributed by atoms with E-state index in [1.165, 1.54) is 5.56 Å². The van der Waals surface area contributed by atoms with E-state index in [1.807, 2.05) is 36.4 Å². The topological polar surface area (TPSA) is 78.1 Å². The van der Waals surface area contributed by atoms with Crippen LogP contribution in [-0.4, -0.2) is 39.9 Å². The van der Waals surface area contributed by atoms with Gasteiger partial charge in [-0.3, -0.25) is 4.99 Å². The van der Waals surface area contributed by atoms with Gasteiger partial charge in [0, 0.05) is 30.4 Å². The number of guanidine groups is 1. The summed E-state index contributed by atoms with van der Waals surface area (Å²) in [6.45, 7) is 2.06. The highest BCUT2D eigenvalue weighted by atomic mass is 16.5. The number of nitrogens with two attached hydrogens (primary N) is 1. The molecule has 1 aliphatic heterocycles. The fourth-order valence-electron chi connectivity index (χ4n) is 3.37. The largest absolute Gasteiger partial charge is 0.497 e. The maximum Gasteiger partial charge on any atom is 0.193 e. The number of anilines is 1. The van der Waals surface area contributed by atoms with Gasteiger partial charge in [-0.25, -0.2) is 0 Å². The van der Waals surface area contributed by atoms with Crippen LogP contribution in [0.3, 0.4) is 0 Å². The number of aliphatic imine (C=N–C) groups is 1. The highest BCUT2D eigenvalue weighted by molar-refractivity contribution is 5.92. The second kappa shape index (κ2) is 8.77. The van der Waals surface area contributed by atoms with E-state index in [9.17, 15) is 0 Å². The van der Waals surface area contributed by atoms with Crippen LogP contribution in [0.15, 0.2) is 53.5 Å². The van der Waals surface area contributed by atoms with Crippen molar-refractivity contribution >= 4 is 11.6 Å². The van der Waals surface area contributed by atoms with E-state index >= 15 is 0 Å². The van der Waals surface area contributed by atoms with Gasteiger partial charge in [0.15, 0.2) is 5.96 Å². The van der Waals surface area contributed by atoms with E-state index < -0.39 is 0 Å². The molecular formula is C21H27N3O3. The molecule has 1 saturated heterocycles. The molecule has 3 rings (SSSR count). The summed E-state index contributed by atoms with van der Waals surface area (Å²) < 4.78 is 16.1. The van der Waals surface area contributed by atoms with Gasteiger partial charge in [-0.05, 0) is 42.7 Å². The molecule has 1 fully saturated rings. The third kappa shape index (κ3) is 4.71. The van der Waals surface area contributed by atoms with E-state index in [4.69, 9.17) is 19.9 Å². The standard InChI is InChI=1S/C21H27N3O3/c1-25-18-8-6-16(7-9-18)21(10-12-27-13-11-21)15-23-20(22)24-17-4-3-5-19(14-17)26-2/h3-9,14H,10-13,15H2,1-2H3,(H3,22,23,24). The quantitative estimate of drug-likeness (QED) is 0.604. The molecule has 2 aromatic rings. The third-order valence-corrected chi connectivity index (χ3v) is 5.05. The van der Waals surface area contributed by atoms with Gasteiger partial charge in [-0.15, -0.1) is 0 Å². The Kier molecular flexibility index (Phi) is 6.19. The number of rotatable bonds is 6. The Hall–Kier alpha value is -2.73. The summed E-state index contributed by atoms with van der Waals surface area (Å²) in [6.07, 6.45) is 1.82. The molecule has 6 heteroatoms. The zero-order chi connectivity index (χ0) is 19.1. The molecule has 2 aromatic carbocycles. The van der Waals surface area contributed by atoms with Crippen molar-refractivity contribution < 1.29 is 14.2 Å². The summed E-state index contributed by atoms with van der Waals surface area (Å²) in [4.78, 5) is 4.65. The Morgan fingerprint density at radius 1 is 1.07 bits per heavy atom. The molecule has 0 radical (unpaired) electrons.